The van der Waals surface area contributed by atoms with Gasteiger partial charge in [-0.25, -0.2) is 0 Å². The van der Waals surface area contributed by atoms with E-state index in [4.69, 9.17) is 15.2 Å². The Kier molecular flexibility index (Phi) is 3.82. The summed E-state index contributed by atoms with van der Waals surface area (Å²) in [7, 11) is 0. The molecule has 8 heteroatoms. The molecule has 1 fully saturated rings. The molecule has 3 rings (SSSR count). The van der Waals surface area contributed by atoms with Gasteiger partial charge in [0.15, 0.2) is 11.5 Å². The van der Waals surface area contributed by atoms with Crippen LogP contribution in [0.4, 0.5) is 5.69 Å². The minimum atomic E-state index is -1.16. The Morgan fingerprint density at radius 3 is 2.71 bits per heavy atom. The van der Waals surface area contributed by atoms with E-state index in [0.717, 1.165) is 0 Å². The van der Waals surface area contributed by atoms with Crippen molar-refractivity contribution < 1.29 is 23.9 Å². The minimum absolute atomic E-state index is 0.0785. The third-order valence-corrected chi connectivity index (χ3v) is 4.22. The monoisotopic (exact) mass is 333 g/mol. The Morgan fingerprint density at radius 1 is 1.29 bits per heavy atom. The fourth-order valence-electron chi connectivity index (χ4n) is 2.66. The first-order chi connectivity index (χ1) is 11.3. The molecule has 0 radical (unpaired) electrons. The zero-order valence-electron chi connectivity index (χ0n) is 13.5. The molecule has 128 valence electrons. The van der Waals surface area contributed by atoms with Crippen LogP contribution in [0.25, 0.3) is 0 Å². The van der Waals surface area contributed by atoms with Gasteiger partial charge in [-0.3, -0.25) is 14.4 Å². The predicted molar refractivity (Wildman–Crippen MR) is 84.4 cm³/mol. The smallest absolute Gasteiger partial charge is 0.242 e. The quantitative estimate of drug-likeness (QED) is 0.815. The first kappa shape index (κ1) is 16.1. The number of benzene rings is 1. The average molecular weight is 333 g/mol. The molecule has 24 heavy (non-hydrogen) atoms. The Morgan fingerprint density at radius 2 is 2.00 bits per heavy atom. The van der Waals surface area contributed by atoms with E-state index in [9.17, 15) is 14.4 Å². The van der Waals surface area contributed by atoms with Gasteiger partial charge in [0.25, 0.3) is 0 Å². The van der Waals surface area contributed by atoms with Gasteiger partial charge in [-0.1, -0.05) is 0 Å². The van der Waals surface area contributed by atoms with Gasteiger partial charge in [-0.15, -0.1) is 0 Å². The fraction of sp³-hybridized carbons (Fsp3) is 0.438. The molecular weight excluding hydrogens is 314 g/mol. The number of fused-ring (bicyclic) bond motifs is 1. The lowest BCUT2D eigenvalue weighted by Gasteiger charge is -2.24. The van der Waals surface area contributed by atoms with E-state index >= 15 is 0 Å². The van der Waals surface area contributed by atoms with E-state index in [-0.39, 0.29) is 31.6 Å². The SMILES string of the molecule is CC(C)(NC(=O)[C@H]1CC(=O)N(c2ccc3c(c2)OCO3)C1)C(N)=O. The van der Waals surface area contributed by atoms with E-state index < -0.39 is 17.4 Å². The van der Waals surface area contributed by atoms with Crippen LogP contribution in [-0.4, -0.2) is 36.6 Å². The minimum Gasteiger partial charge on any atom is -0.454 e. The Bertz CT molecular complexity index is 716. The molecule has 0 bridgehead atoms. The summed E-state index contributed by atoms with van der Waals surface area (Å²) in [5, 5.41) is 2.59. The van der Waals surface area contributed by atoms with Crippen LogP contribution in [0.2, 0.25) is 0 Å². The summed E-state index contributed by atoms with van der Waals surface area (Å²) < 4.78 is 10.6. The molecule has 0 aliphatic carbocycles. The van der Waals surface area contributed by atoms with E-state index in [2.05, 4.69) is 5.32 Å². The molecular formula is C16H19N3O5. The molecule has 2 aliphatic rings. The second kappa shape index (κ2) is 5.70. The van der Waals surface area contributed by atoms with Crippen LogP contribution in [0, 0.1) is 5.92 Å². The number of hydrogen-bond acceptors (Lipinski definition) is 5. The Hall–Kier alpha value is -2.77. The largest absolute Gasteiger partial charge is 0.454 e. The van der Waals surface area contributed by atoms with Crippen molar-refractivity contribution in [2.24, 2.45) is 11.7 Å². The molecule has 1 aromatic rings. The zero-order valence-corrected chi connectivity index (χ0v) is 13.5. The standard InChI is InChI=1S/C16H19N3O5/c1-16(2,15(17)22)18-14(21)9-5-13(20)19(7-9)10-3-4-11-12(6-10)24-8-23-11/h3-4,6,9H,5,7-8H2,1-2H3,(H2,17,22)(H,18,21)/t9-/m0/s1. The van der Waals surface area contributed by atoms with Crippen LogP contribution in [-0.2, 0) is 14.4 Å². The van der Waals surface area contributed by atoms with Gasteiger partial charge in [0.1, 0.15) is 5.54 Å². The molecule has 8 nitrogen and oxygen atoms in total. The van der Waals surface area contributed by atoms with Gasteiger partial charge in [-0.05, 0) is 26.0 Å². The first-order valence-corrected chi connectivity index (χ1v) is 7.60. The molecule has 3 amide bonds. The van der Waals surface area contributed by atoms with Crippen LogP contribution in [0.3, 0.4) is 0 Å². The highest BCUT2D eigenvalue weighted by molar-refractivity contribution is 6.01. The third kappa shape index (κ3) is 2.86. The van der Waals surface area contributed by atoms with E-state index in [0.29, 0.717) is 17.2 Å². The lowest BCUT2D eigenvalue weighted by molar-refractivity contribution is -0.132. The lowest BCUT2D eigenvalue weighted by atomic mass is 10.0. The summed E-state index contributed by atoms with van der Waals surface area (Å²) >= 11 is 0. The predicted octanol–water partition coefficient (Wildman–Crippen LogP) is 0.148. The molecule has 2 aliphatic heterocycles. The number of carbonyl (C=O) groups excluding carboxylic acids is 3. The number of hydrogen-bond donors (Lipinski definition) is 2. The van der Waals surface area contributed by atoms with Gasteiger partial charge in [0, 0.05) is 24.7 Å². The van der Waals surface area contributed by atoms with E-state index in [1.807, 2.05) is 0 Å². The van der Waals surface area contributed by atoms with Gasteiger partial charge >= 0.3 is 0 Å². The highest BCUT2D eigenvalue weighted by atomic mass is 16.7. The normalized spacial score (nSPS) is 19.5. The van der Waals surface area contributed by atoms with Gasteiger partial charge in [-0.2, -0.15) is 0 Å². The number of anilines is 1. The number of amides is 3. The topological polar surface area (TPSA) is 111 Å². The second-order valence-electron chi connectivity index (χ2n) is 6.42. The maximum absolute atomic E-state index is 12.3. The van der Waals surface area contributed by atoms with Crippen molar-refractivity contribution in [1.82, 2.24) is 5.32 Å². The molecule has 1 aromatic carbocycles. The molecule has 0 spiro atoms. The molecule has 2 heterocycles. The highest BCUT2D eigenvalue weighted by Gasteiger charge is 2.38. The number of carbonyl (C=O) groups is 3. The number of nitrogens with zero attached hydrogens (tertiary/aromatic N) is 1. The van der Waals surface area contributed by atoms with E-state index in [1.54, 1.807) is 18.2 Å². The number of primary amides is 1. The second-order valence-corrected chi connectivity index (χ2v) is 6.42. The zero-order chi connectivity index (χ0) is 17.5. The number of nitrogens with two attached hydrogens (primary N) is 1. The molecule has 0 unspecified atom stereocenters. The van der Waals surface area contributed by atoms with Gasteiger partial charge in [0.2, 0.25) is 24.5 Å². The van der Waals surface area contributed by atoms with Gasteiger partial charge < -0.3 is 25.4 Å². The maximum Gasteiger partial charge on any atom is 0.242 e. The molecule has 0 aromatic heterocycles. The first-order valence-electron chi connectivity index (χ1n) is 7.60. The highest BCUT2D eigenvalue weighted by Crippen LogP contribution is 2.37. The Labute approximate surface area is 138 Å². The van der Waals surface area contributed by atoms with Crippen molar-refractivity contribution in [2.45, 2.75) is 25.8 Å². The van der Waals surface area contributed by atoms with Crippen molar-refractivity contribution in [3.63, 3.8) is 0 Å². The van der Waals surface area contributed by atoms with Crippen molar-refractivity contribution in [3.8, 4) is 11.5 Å². The molecule has 0 saturated carbocycles. The molecule has 1 atom stereocenters. The fourth-order valence-corrected chi connectivity index (χ4v) is 2.66. The Balaban J connectivity index is 1.72. The maximum atomic E-state index is 12.3. The van der Waals surface area contributed by atoms with Crippen LogP contribution in [0.5, 0.6) is 11.5 Å². The lowest BCUT2D eigenvalue weighted by Crippen LogP contribution is -2.54. The van der Waals surface area contributed by atoms with Crippen molar-refractivity contribution >= 4 is 23.4 Å². The summed E-state index contributed by atoms with van der Waals surface area (Å²) in [5.41, 5.74) is 4.74. The van der Waals surface area contributed by atoms with Crippen molar-refractivity contribution in [2.75, 3.05) is 18.2 Å². The van der Waals surface area contributed by atoms with Crippen LogP contribution in [0.1, 0.15) is 20.3 Å². The summed E-state index contributed by atoms with van der Waals surface area (Å²) in [6, 6.07) is 5.20. The van der Waals surface area contributed by atoms with Gasteiger partial charge in [0.05, 0.1) is 5.92 Å². The van der Waals surface area contributed by atoms with Crippen molar-refractivity contribution in [1.29, 1.82) is 0 Å². The summed E-state index contributed by atoms with van der Waals surface area (Å²) in [6.07, 6.45) is 0.0785. The number of rotatable bonds is 4. The number of nitrogens with one attached hydrogen (secondary N) is 1. The van der Waals surface area contributed by atoms with Crippen LogP contribution < -0.4 is 25.4 Å². The average Bonchev–Trinajstić information content (AvgIpc) is 3.11. The number of ether oxygens (including phenoxy) is 2. The van der Waals surface area contributed by atoms with Crippen LogP contribution in [0.15, 0.2) is 18.2 Å². The summed E-state index contributed by atoms with van der Waals surface area (Å²) in [4.78, 5) is 37.5. The molecule has 1 saturated heterocycles. The summed E-state index contributed by atoms with van der Waals surface area (Å²) in [5.74, 6) is -0.499. The van der Waals surface area contributed by atoms with E-state index in [1.165, 1.54) is 18.7 Å². The van der Waals surface area contributed by atoms with Crippen LogP contribution >= 0.6 is 0 Å². The third-order valence-electron chi connectivity index (χ3n) is 4.22. The summed E-state index contributed by atoms with van der Waals surface area (Å²) in [6.45, 7) is 3.44. The molecule has 3 N–H and O–H groups in total. The van der Waals surface area contributed by atoms with Crippen molar-refractivity contribution in [3.05, 3.63) is 18.2 Å².